The first kappa shape index (κ1) is 47.1. The highest BCUT2D eigenvalue weighted by molar-refractivity contribution is 7.89. The zero-order valence-electron chi connectivity index (χ0n) is 37.4. The quantitative estimate of drug-likeness (QED) is 0.0319. The average molecular weight is 914 g/mol. The molecule has 3 atom stereocenters. The van der Waals surface area contributed by atoms with Crippen molar-refractivity contribution in [3.63, 3.8) is 0 Å². The summed E-state index contributed by atoms with van der Waals surface area (Å²) in [5, 5.41) is 13.6. The zero-order valence-corrected chi connectivity index (χ0v) is 39.2. The molecule has 12 nitrogen and oxygen atoms in total. The Morgan fingerprint density at radius 3 is 1.54 bits per heavy atom. The highest BCUT2D eigenvalue weighted by Crippen LogP contribution is 2.48. The first-order chi connectivity index (χ1) is 31.1. The van der Waals surface area contributed by atoms with Gasteiger partial charge in [-0.25, -0.2) is 8.42 Å². The molecule has 0 unspecified atom stereocenters. The molecule has 6 aromatic carbocycles. The summed E-state index contributed by atoms with van der Waals surface area (Å²) in [7, 11) is -4.95. The van der Waals surface area contributed by atoms with Crippen LogP contribution in [0.15, 0.2) is 181 Å². The second-order valence-corrected chi connectivity index (χ2v) is 23.0. The fraction of sp³-hybridized carbons (Fsp3) is 0.275. The molecular formula is C51H55N3O9SSi. The Morgan fingerprint density at radius 1 is 0.708 bits per heavy atom. The molecule has 0 aliphatic carbocycles. The van der Waals surface area contributed by atoms with Gasteiger partial charge in [-0.1, -0.05) is 185 Å². The average Bonchev–Trinajstić information content (AvgIpc) is 3.76. The van der Waals surface area contributed by atoms with E-state index in [1.54, 1.807) is 0 Å². The van der Waals surface area contributed by atoms with E-state index in [2.05, 4.69) is 49.8 Å². The number of para-hydroxylation sites is 1. The molecule has 1 heterocycles. The maximum Gasteiger partial charge on any atom is 0.305 e. The second kappa shape index (κ2) is 19.3. The Bertz CT molecular complexity index is 2520. The van der Waals surface area contributed by atoms with E-state index >= 15 is 4.79 Å². The van der Waals surface area contributed by atoms with E-state index in [0.717, 1.165) is 39.2 Å². The molecule has 1 aliphatic rings. The Labute approximate surface area is 382 Å². The first-order valence-corrected chi connectivity index (χ1v) is 24.8. The molecule has 1 N–H and O–H groups in total. The van der Waals surface area contributed by atoms with Crippen molar-refractivity contribution >= 4 is 40.3 Å². The number of rotatable bonds is 17. The highest BCUT2D eigenvalue weighted by atomic mass is 32.2. The summed E-state index contributed by atoms with van der Waals surface area (Å²) < 4.78 is 58.5. The molecule has 7 rings (SSSR count). The fourth-order valence-corrected chi connectivity index (χ4v) is 15.3. The number of carbonyl (C=O) groups is 1. The van der Waals surface area contributed by atoms with Crippen molar-refractivity contribution in [1.29, 1.82) is 0 Å². The van der Waals surface area contributed by atoms with Crippen LogP contribution in [-0.2, 0) is 39.1 Å². The molecule has 0 saturated carbocycles. The van der Waals surface area contributed by atoms with Crippen LogP contribution in [0.4, 0.5) is 5.69 Å². The van der Waals surface area contributed by atoms with Crippen LogP contribution in [0.25, 0.3) is 0 Å². The molecule has 14 heteroatoms. The third-order valence-corrected chi connectivity index (χ3v) is 18.9. The number of amides is 1. The van der Waals surface area contributed by atoms with Crippen molar-refractivity contribution in [2.24, 2.45) is 0 Å². The lowest BCUT2D eigenvalue weighted by Crippen LogP contribution is -2.68. The van der Waals surface area contributed by atoms with Gasteiger partial charge >= 0.3 is 5.97 Å². The SMILES string of the molecule is COC(OC)(OC(c1ccccc1)(c1ccccc1)c1ccccc1)[C@@H]1C[C@H](O[Si](c2ccccc2)(c2ccccc2)C(C)(C)C)CN1C(=O)[C@H](C)NS(=O)(=O)c1ccccc1[N+](=O)[O-]. The summed E-state index contributed by atoms with van der Waals surface area (Å²) in [6.45, 7) is 7.89. The molecule has 1 fully saturated rings. The second-order valence-electron chi connectivity index (χ2n) is 17.1. The maximum absolute atomic E-state index is 15.2. The molecule has 338 valence electrons. The van der Waals surface area contributed by atoms with Gasteiger partial charge in [-0.05, 0) is 45.1 Å². The van der Waals surface area contributed by atoms with Crippen LogP contribution in [0.3, 0.4) is 0 Å². The topological polar surface area (TPSA) is 147 Å². The predicted molar refractivity (Wildman–Crippen MR) is 253 cm³/mol. The summed E-state index contributed by atoms with van der Waals surface area (Å²) in [4.78, 5) is 27.4. The summed E-state index contributed by atoms with van der Waals surface area (Å²) in [5.74, 6) is -2.70. The normalized spacial score (nSPS) is 16.6. The molecule has 1 aliphatic heterocycles. The van der Waals surface area contributed by atoms with Gasteiger partial charge in [-0.2, -0.15) is 4.72 Å². The minimum atomic E-state index is -4.60. The van der Waals surface area contributed by atoms with Gasteiger partial charge in [0.15, 0.2) is 4.90 Å². The van der Waals surface area contributed by atoms with Gasteiger partial charge < -0.3 is 23.5 Å². The largest absolute Gasteiger partial charge is 0.403 e. The van der Waals surface area contributed by atoms with Gasteiger partial charge in [-0.3, -0.25) is 14.9 Å². The van der Waals surface area contributed by atoms with E-state index in [9.17, 15) is 18.5 Å². The Kier molecular flexibility index (Phi) is 14.0. The van der Waals surface area contributed by atoms with Crippen molar-refractivity contribution in [2.75, 3.05) is 20.8 Å². The van der Waals surface area contributed by atoms with E-state index in [1.807, 2.05) is 127 Å². The van der Waals surface area contributed by atoms with Crippen molar-refractivity contribution in [3.05, 3.63) is 203 Å². The maximum atomic E-state index is 15.2. The molecule has 1 amide bonds. The number of ether oxygens (including phenoxy) is 3. The molecule has 0 bridgehead atoms. The van der Waals surface area contributed by atoms with Gasteiger partial charge in [0, 0.05) is 33.3 Å². The molecule has 0 radical (unpaired) electrons. The van der Waals surface area contributed by atoms with E-state index in [0.29, 0.717) is 0 Å². The van der Waals surface area contributed by atoms with Crippen LogP contribution in [0.1, 0.15) is 50.8 Å². The van der Waals surface area contributed by atoms with Crippen LogP contribution in [0, 0.1) is 10.1 Å². The standard InChI is InChI=1S/C51H55N3O9SSi/c1-38(52-64(58,59)46-35-23-22-34-45(46)54(56)57)48(55)53-37-42(62-65(49(2,3)4,43-30-18-10-19-31-43)44-32-20-11-21-33-44)36-47(53)51(60-5,61-6)63-50(39-24-12-7-13-25-39,40-26-14-8-15-27-40)41-28-16-9-17-29-41/h7-35,38,42,47,52H,36-37H2,1-6H3/t38-,42-,47-/m0/s1. The zero-order chi connectivity index (χ0) is 46.5. The van der Waals surface area contributed by atoms with Crippen LogP contribution in [0.5, 0.6) is 0 Å². The van der Waals surface area contributed by atoms with Gasteiger partial charge in [0.05, 0.1) is 17.1 Å². The van der Waals surface area contributed by atoms with Gasteiger partial charge in [0.25, 0.3) is 14.0 Å². The number of sulfonamides is 1. The molecule has 1 saturated heterocycles. The summed E-state index contributed by atoms with van der Waals surface area (Å²) in [5.41, 5.74) is 0.219. The predicted octanol–water partition coefficient (Wildman–Crippen LogP) is 7.76. The van der Waals surface area contributed by atoms with Crippen molar-refractivity contribution < 1.29 is 36.8 Å². The van der Waals surface area contributed by atoms with Crippen molar-refractivity contribution in [2.45, 2.75) is 73.8 Å². The van der Waals surface area contributed by atoms with Crippen LogP contribution in [0.2, 0.25) is 5.04 Å². The smallest absolute Gasteiger partial charge is 0.305 e. The third kappa shape index (κ3) is 9.08. The Balaban J connectivity index is 1.40. The number of nitrogens with one attached hydrogen (secondary N) is 1. The lowest BCUT2D eigenvalue weighted by atomic mass is 9.80. The highest BCUT2D eigenvalue weighted by Gasteiger charge is 2.59. The van der Waals surface area contributed by atoms with Crippen molar-refractivity contribution in [1.82, 2.24) is 9.62 Å². The molecule has 0 spiro atoms. The first-order valence-electron chi connectivity index (χ1n) is 21.5. The minimum absolute atomic E-state index is 0.0155. The lowest BCUT2D eigenvalue weighted by molar-refractivity contribution is -0.405. The van der Waals surface area contributed by atoms with Crippen molar-refractivity contribution in [3.8, 4) is 0 Å². The number of benzene rings is 6. The van der Waals surface area contributed by atoms with Gasteiger partial charge in [0.1, 0.15) is 11.6 Å². The van der Waals surface area contributed by atoms with Gasteiger partial charge in [0.2, 0.25) is 15.9 Å². The summed E-state index contributed by atoms with van der Waals surface area (Å²) in [6.07, 6.45) is -0.530. The van der Waals surface area contributed by atoms with Crippen LogP contribution >= 0.6 is 0 Å². The van der Waals surface area contributed by atoms with Gasteiger partial charge in [-0.15, -0.1) is 0 Å². The number of nitro benzene ring substituents is 1. The van der Waals surface area contributed by atoms with Crippen LogP contribution < -0.4 is 15.1 Å². The number of carbonyl (C=O) groups excluding carboxylic acids is 1. The Hall–Kier alpha value is -5.84. The fourth-order valence-electron chi connectivity index (χ4n) is 9.25. The van der Waals surface area contributed by atoms with E-state index in [1.165, 1.54) is 38.2 Å². The summed E-state index contributed by atoms with van der Waals surface area (Å²) in [6, 6.07) is 51.8. The third-order valence-electron chi connectivity index (χ3n) is 12.2. The number of methoxy groups -OCH3 is 2. The number of nitro groups is 1. The summed E-state index contributed by atoms with van der Waals surface area (Å²) >= 11 is 0. The van der Waals surface area contributed by atoms with Crippen LogP contribution in [-0.4, -0.2) is 77.4 Å². The number of nitrogens with zero attached hydrogens (tertiary/aromatic N) is 2. The van der Waals surface area contributed by atoms with E-state index < -0.39 is 74.6 Å². The molecule has 0 aromatic heterocycles. The van der Waals surface area contributed by atoms with E-state index in [-0.39, 0.29) is 13.0 Å². The van der Waals surface area contributed by atoms with E-state index in [4.69, 9.17) is 18.6 Å². The number of likely N-dealkylation sites (tertiary alicyclic amines) is 1. The Morgan fingerprint density at radius 2 is 1.12 bits per heavy atom. The monoisotopic (exact) mass is 913 g/mol. The lowest BCUT2D eigenvalue weighted by Gasteiger charge is -2.47. The molecule has 6 aromatic rings. The minimum Gasteiger partial charge on any atom is -0.403 e. The molecule has 65 heavy (non-hydrogen) atoms. The number of hydrogen-bond donors (Lipinski definition) is 1. The number of hydrogen-bond acceptors (Lipinski definition) is 9. The molecular weight excluding hydrogens is 859 g/mol.